The Hall–Kier alpha value is -2.46. The van der Waals surface area contributed by atoms with Crippen molar-refractivity contribution in [1.29, 1.82) is 0 Å². The summed E-state index contributed by atoms with van der Waals surface area (Å²) in [6.45, 7) is 0. The first-order valence-corrected chi connectivity index (χ1v) is 10.2. The van der Waals surface area contributed by atoms with Gasteiger partial charge in [-0.3, -0.25) is 0 Å². The molecule has 0 bridgehead atoms. The normalized spacial score (nSPS) is 16.7. The molecule has 1 aromatic carbocycles. The van der Waals surface area contributed by atoms with Crippen LogP contribution in [0.1, 0.15) is 25.7 Å². The number of pyridine rings is 1. The van der Waals surface area contributed by atoms with Crippen LogP contribution in [0.2, 0.25) is 0 Å². The number of nitrogens with zero attached hydrogens (tertiary/aromatic N) is 2. The van der Waals surface area contributed by atoms with E-state index in [-0.39, 0.29) is 22.3 Å². The lowest BCUT2D eigenvalue weighted by molar-refractivity contribution is -0.990. The van der Waals surface area contributed by atoms with Gasteiger partial charge in [0.15, 0.2) is 5.65 Å². The molecule has 3 aromatic rings. The fourth-order valence-corrected chi connectivity index (χ4v) is 4.88. The van der Waals surface area contributed by atoms with Gasteiger partial charge in [-0.2, -0.15) is 5.23 Å². The highest BCUT2D eigenvalue weighted by molar-refractivity contribution is 7.90. The molecule has 0 amide bonds. The monoisotopic (exact) mass is 388 g/mol. The topological polar surface area (TPSA) is 112 Å². The van der Waals surface area contributed by atoms with Gasteiger partial charge in [0, 0.05) is 17.6 Å². The maximum absolute atomic E-state index is 13.0. The number of rotatable bonds is 5. The summed E-state index contributed by atoms with van der Waals surface area (Å²) in [5, 5.41) is 23.9. The molecule has 27 heavy (non-hydrogen) atoms. The summed E-state index contributed by atoms with van der Waals surface area (Å²) in [7, 11) is -3.82. The summed E-state index contributed by atoms with van der Waals surface area (Å²) < 4.78 is 27.0. The number of hydrogen-bond acceptors (Lipinski definition) is 6. The maximum Gasteiger partial charge on any atom is 0.269 e. The van der Waals surface area contributed by atoms with Gasteiger partial charge >= 0.3 is 0 Å². The number of quaternary nitrogens is 1. The Morgan fingerprint density at radius 3 is 2.56 bits per heavy atom. The van der Waals surface area contributed by atoms with Crippen molar-refractivity contribution in [3.05, 3.63) is 54.0 Å². The standard InChI is InChI=1S/C18H20N4O4S/c23-22(24)16-12-19-18-15(17(16)20-13-6-4-5-7-13)10-11-21(18)27(25,26)14-8-2-1-3-9-14/h1-3,8-13,22-23H,4-7H2,(H,19,20). The van der Waals surface area contributed by atoms with Crippen molar-refractivity contribution in [1.82, 2.24) is 8.96 Å². The summed E-state index contributed by atoms with van der Waals surface area (Å²) in [6.07, 6.45) is 6.76. The van der Waals surface area contributed by atoms with E-state index < -0.39 is 15.2 Å². The van der Waals surface area contributed by atoms with Crippen LogP contribution in [0.4, 0.5) is 11.4 Å². The van der Waals surface area contributed by atoms with Crippen LogP contribution >= 0.6 is 0 Å². The Kier molecular flexibility index (Phi) is 4.60. The van der Waals surface area contributed by atoms with Crippen molar-refractivity contribution in [2.75, 3.05) is 5.32 Å². The molecule has 4 rings (SSSR count). The Morgan fingerprint density at radius 2 is 1.89 bits per heavy atom. The summed E-state index contributed by atoms with van der Waals surface area (Å²) >= 11 is 0. The number of fused-ring (bicyclic) bond motifs is 1. The van der Waals surface area contributed by atoms with E-state index in [4.69, 9.17) is 0 Å². The van der Waals surface area contributed by atoms with E-state index >= 15 is 0 Å². The minimum Gasteiger partial charge on any atom is -0.595 e. The molecule has 1 unspecified atom stereocenters. The van der Waals surface area contributed by atoms with E-state index in [1.165, 1.54) is 24.5 Å². The van der Waals surface area contributed by atoms with E-state index in [9.17, 15) is 18.8 Å². The molecule has 9 heteroatoms. The van der Waals surface area contributed by atoms with Gasteiger partial charge in [0.25, 0.3) is 10.0 Å². The van der Waals surface area contributed by atoms with Crippen molar-refractivity contribution in [2.45, 2.75) is 36.6 Å². The molecule has 0 radical (unpaired) electrons. The molecule has 1 aliphatic carbocycles. The molecule has 2 heterocycles. The lowest BCUT2D eigenvalue weighted by Gasteiger charge is -2.20. The van der Waals surface area contributed by atoms with Crippen LogP contribution in [0.3, 0.4) is 0 Å². The van der Waals surface area contributed by atoms with Crippen molar-refractivity contribution in [3.8, 4) is 0 Å². The second kappa shape index (κ2) is 6.93. The molecule has 0 aliphatic heterocycles. The third-order valence-electron chi connectivity index (χ3n) is 4.91. The first-order chi connectivity index (χ1) is 13.0. The van der Waals surface area contributed by atoms with Gasteiger partial charge in [0.05, 0.1) is 11.1 Å². The average Bonchev–Trinajstić information content (AvgIpc) is 3.32. The molecule has 1 atom stereocenters. The van der Waals surface area contributed by atoms with Crippen LogP contribution in [0.15, 0.2) is 53.7 Å². The molecule has 1 saturated carbocycles. The van der Waals surface area contributed by atoms with Gasteiger partial charge in [-0.15, -0.1) is 0 Å². The Morgan fingerprint density at radius 1 is 1.19 bits per heavy atom. The zero-order chi connectivity index (χ0) is 19.0. The molecule has 8 nitrogen and oxygen atoms in total. The molecular formula is C18H20N4O4S. The number of anilines is 1. The van der Waals surface area contributed by atoms with Crippen molar-refractivity contribution in [3.63, 3.8) is 0 Å². The first kappa shape index (κ1) is 17.9. The third-order valence-corrected chi connectivity index (χ3v) is 6.60. The van der Waals surface area contributed by atoms with Gasteiger partial charge in [-0.1, -0.05) is 31.0 Å². The number of nitrogens with one attached hydrogen (secondary N) is 2. The Balaban J connectivity index is 1.86. The summed E-state index contributed by atoms with van der Waals surface area (Å²) in [4.78, 5) is 4.30. The molecule has 0 saturated heterocycles. The van der Waals surface area contributed by atoms with Crippen LogP contribution in [-0.4, -0.2) is 28.6 Å². The van der Waals surface area contributed by atoms with Crippen molar-refractivity contribution in [2.24, 2.45) is 0 Å². The molecule has 0 spiro atoms. The highest BCUT2D eigenvalue weighted by atomic mass is 32.2. The van der Waals surface area contributed by atoms with Crippen LogP contribution in [-0.2, 0) is 10.0 Å². The molecule has 2 aromatic heterocycles. The fourth-order valence-electron chi connectivity index (χ4n) is 3.55. The highest BCUT2D eigenvalue weighted by Crippen LogP contribution is 2.33. The summed E-state index contributed by atoms with van der Waals surface area (Å²) in [6, 6.07) is 9.88. The second-order valence-corrected chi connectivity index (χ2v) is 8.46. The quantitative estimate of drug-likeness (QED) is 0.577. The number of aromatic nitrogens is 2. The molecule has 1 aliphatic rings. The summed E-state index contributed by atoms with van der Waals surface area (Å²) in [5.41, 5.74) is 0.690. The van der Waals surface area contributed by atoms with Gasteiger partial charge < -0.3 is 10.5 Å². The van der Waals surface area contributed by atoms with E-state index in [1.54, 1.807) is 24.3 Å². The number of hydrogen-bond donors (Lipinski definition) is 3. The van der Waals surface area contributed by atoms with Gasteiger partial charge in [0.2, 0.25) is 5.69 Å². The van der Waals surface area contributed by atoms with Gasteiger partial charge in [-0.25, -0.2) is 22.6 Å². The van der Waals surface area contributed by atoms with Crippen LogP contribution < -0.4 is 10.5 Å². The van der Waals surface area contributed by atoms with Crippen LogP contribution in [0, 0.1) is 5.21 Å². The van der Waals surface area contributed by atoms with E-state index in [2.05, 4.69) is 10.3 Å². The Bertz CT molecular complexity index is 1060. The lowest BCUT2D eigenvalue weighted by Crippen LogP contribution is -2.99. The van der Waals surface area contributed by atoms with Crippen molar-refractivity contribution >= 4 is 32.4 Å². The van der Waals surface area contributed by atoms with Gasteiger partial charge in [-0.05, 0) is 31.0 Å². The molecule has 3 N–H and O–H groups in total. The van der Waals surface area contributed by atoms with Gasteiger partial charge in [0.1, 0.15) is 5.69 Å². The predicted octanol–water partition coefficient (Wildman–Crippen LogP) is 2.03. The zero-order valence-corrected chi connectivity index (χ0v) is 15.3. The molecular weight excluding hydrogens is 368 g/mol. The fraction of sp³-hybridized carbons (Fsp3) is 0.278. The molecule has 1 fully saturated rings. The van der Waals surface area contributed by atoms with E-state index in [0.29, 0.717) is 11.1 Å². The molecule has 142 valence electrons. The maximum atomic E-state index is 13.0. The largest absolute Gasteiger partial charge is 0.595 e. The predicted molar refractivity (Wildman–Crippen MR) is 100 cm³/mol. The van der Waals surface area contributed by atoms with Crippen molar-refractivity contribution < 1.29 is 18.9 Å². The SMILES string of the molecule is O=S(=O)(c1ccccc1)n1ccc2c(NC3CCCC3)c([NH+]([O-])O)cnc21. The third kappa shape index (κ3) is 3.19. The van der Waals surface area contributed by atoms with Crippen LogP contribution in [0.25, 0.3) is 11.0 Å². The average molecular weight is 388 g/mol. The smallest absolute Gasteiger partial charge is 0.269 e. The van der Waals surface area contributed by atoms with E-state index in [0.717, 1.165) is 29.7 Å². The van der Waals surface area contributed by atoms with E-state index in [1.807, 2.05) is 0 Å². The summed E-state index contributed by atoms with van der Waals surface area (Å²) in [5.74, 6) is 0. The zero-order valence-electron chi connectivity index (χ0n) is 14.5. The number of benzene rings is 1. The minimum atomic E-state index is -3.82. The second-order valence-electron chi connectivity index (χ2n) is 6.64. The van der Waals surface area contributed by atoms with Crippen LogP contribution in [0.5, 0.6) is 0 Å². The lowest BCUT2D eigenvalue weighted by atomic mass is 10.2. The highest BCUT2D eigenvalue weighted by Gasteiger charge is 2.25. The minimum absolute atomic E-state index is 0.0456. The Labute approximate surface area is 156 Å². The first-order valence-electron chi connectivity index (χ1n) is 8.79.